The monoisotopic (exact) mass is 356 g/mol. The second-order valence-electron chi connectivity index (χ2n) is 6.78. The minimum atomic E-state index is -0.483. The lowest BCUT2D eigenvalue weighted by Gasteiger charge is -2.19. The summed E-state index contributed by atoms with van der Waals surface area (Å²) in [6.45, 7) is 6.54. The number of esters is 1. The van der Waals surface area contributed by atoms with Gasteiger partial charge in [-0.3, -0.25) is 9.78 Å². The number of amides is 1. The van der Waals surface area contributed by atoms with Crippen LogP contribution in [0.25, 0.3) is 0 Å². The molecule has 6 heteroatoms. The van der Waals surface area contributed by atoms with Crippen molar-refractivity contribution in [3.8, 4) is 5.75 Å². The van der Waals surface area contributed by atoms with Crippen LogP contribution in [0.4, 0.5) is 0 Å². The van der Waals surface area contributed by atoms with E-state index < -0.39 is 5.97 Å². The molecule has 0 unspecified atom stereocenters. The predicted octanol–water partition coefficient (Wildman–Crippen LogP) is 2.73. The SMILES string of the molecule is CC(C)(C)c1ccc(OCC(=O)OCCNC(=O)c2ccncc2)cc1. The molecule has 2 rings (SSSR count). The summed E-state index contributed by atoms with van der Waals surface area (Å²) in [5.41, 5.74) is 1.77. The molecule has 6 nitrogen and oxygen atoms in total. The molecule has 1 aromatic carbocycles. The van der Waals surface area contributed by atoms with Crippen molar-refractivity contribution in [2.75, 3.05) is 19.8 Å². The van der Waals surface area contributed by atoms with E-state index in [9.17, 15) is 9.59 Å². The Morgan fingerprint density at radius 2 is 1.69 bits per heavy atom. The lowest BCUT2D eigenvalue weighted by Crippen LogP contribution is -2.28. The molecule has 0 saturated heterocycles. The van der Waals surface area contributed by atoms with Crippen LogP contribution in [0.1, 0.15) is 36.7 Å². The first-order valence-corrected chi connectivity index (χ1v) is 8.43. The van der Waals surface area contributed by atoms with Gasteiger partial charge in [0.05, 0.1) is 6.54 Å². The molecule has 0 aliphatic rings. The topological polar surface area (TPSA) is 77.5 Å². The van der Waals surface area contributed by atoms with Crippen LogP contribution in [-0.4, -0.2) is 36.6 Å². The van der Waals surface area contributed by atoms with E-state index in [2.05, 4.69) is 31.1 Å². The van der Waals surface area contributed by atoms with E-state index in [4.69, 9.17) is 9.47 Å². The normalized spacial score (nSPS) is 10.9. The molecule has 0 aliphatic carbocycles. The number of nitrogens with zero attached hydrogens (tertiary/aromatic N) is 1. The first-order valence-electron chi connectivity index (χ1n) is 8.43. The summed E-state index contributed by atoms with van der Waals surface area (Å²) in [6.07, 6.45) is 3.08. The third kappa shape index (κ3) is 6.20. The molecular formula is C20H24N2O4. The Hall–Kier alpha value is -2.89. The molecule has 138 valence electrons. The van der Waals surface area contributed by atoms with Crippen molar-refractivity contribution in [3.63, 3.8) is 0 Å². The number of rotatable bonds is 7. The van der Waals surface area contributed by atoms with E-state index in [0.717, 1.165) is 0 Å². The molecular weight excluding hydrogens is 332 g/mol. The van der Waals surface area contributed by atoms with E-state index in [1.807, 2.05) is 24.3 Å². The average molecular weight is 356 g/mol. The molecule has 0 bridgehead atoms. The fraction of sp³-hybridized carbons (Fsp3) is 0.350. The summed E-state index contributed by atoms with van der Waals surface area (Å²) in [4.78, 5) is 27.3. The van der Waals surface area contributed by atoms with Crippen LogP contribution in [0.2, 0.25) is 0 Å². The Morgan fingerprint density at radius 1 is 1.04 bits per heavy atom. The molecule has 26 heavy (non-hydrogen) atoms. The number of nitrogens with one attached hydrogen (secondary N) is 1. The Balaban J connectivity index is 1.65. The van der Waals surface area contributed by atoms with Crippen LogP contribution >= 0.6 is 0 Å². The van der Waals surface area contributed by atoms with Crippen LogP contribution in [0.5, 0.6) is 5.75 Å². The number of aromatic nitrogens is 1. The number of benzene rings is 1. The molecule has 0 fully saturated rings. The minimum Gasteiger partial charge on any atom is -0.482 e. The predicted molar refractivity (Wildman–Crippen MR) is 98.2 cm³/mol. The molecule has 0 saturated carbocycles. The van der Waals surface area contributed by atoms with Gasteiger partial charge in [-0.1, -0.05) is 32.9 Å². The molecule has 2 aromatic rings. The maximum absolute atomic E-state index is 11.8. The summed E-state index contributed by atoms with van der Waals surface area (Å²) in [6, 6.07) is 10.9. The smallest absolute Gasteiger partial charge is 0.344 e. The number of pyridine rings is 1. The Labute approximate surface area is 153 Å². The van der Waals surface area contributed by atoms with Crippen LogP contribution in [-0.2, 0) is 14.9 Å². The van der Waals surface area contributed by atoms with Gasteiger partial charge in [0.25, 0.3) is 5.91 Å². The van der Waals surface area contributed by atoms with E-state index in [1.165, 1.54) is 5.56 Å². The van der Waals surface area contributed by atoms with Gasteiger partial charge in [0, 0.05) is 18.0 Å². The average Bonchev–Trinajstić information content (AvgIpc) is 2.63. The van der Waals surface area contributed by atoms with Crippen molar-refractivity contribution in [2.24, 2.45) is 0 Å². The summed E-state index contributed by atoms with van der Waals surface area (Å²) in [5, 5.41) is 2.66. The van der Waals surface area contributed by atoms with Crippen molar-refractivity contribution in [1.82, 2.24) is 10.3 Å². The quantitative estimate of drug-likeness (QED) is 0.610. The van der Waals surface area contributed by atoms with Gasteiger partial charge in [-0.05, 0) is 35.2 Å². The third-order valence-corrected chi connectivity index (χ3v) is 3.67. The van der Waals surface area contributed by atoms with E-state index in [1.54, 1.807) is 24.5 Å². The highest BCUT2D eigenvalue weighted by molar-refractivity contribution is 5.93. The summed E-state index contributed by atoms with van der Waals surface area (Å²) >= 11 is 0. The number of ether oxygens (including phenoxy) is 2. The second-order valence-corrected chi connectivity index (χ2v) is 6.78. The van der Waals surface area contributed by atoms with E-state index in [0.29, 0.717) is 11.3 Å². The van der Waals surface area contributed by atoms with E-state index >= 15 is 0 Å². The van der Waals surface area contributed by atoms with Crippen LogP contribution in [0.3, 0.4) is 0 Å². The number of hydrogen-bond donors (Lipinski definition) is 1. The number of carbonyl (C=O) groups excluding carboxylic acids is 2. The summed E-state index contributed by atoms with van der Waals surface area (Å²) in [5.74, 6) is -0.109. The fourth-order valence-electron chi connectivity index (χ4n) is 2.17. The Bertz CT molecular complexity index is 722. The standard InChI is InChI=1S/C20H24N2O4/c1-20(2,3)16-4-6-17(7-5-16)26-14-18(23)25-13-12-22-19(24)15-8-10-21-11-9-15/h4-11H,12-14H2,1-3H3,(H,22,24). The first-order chi connectivity index (χ1) is 12.4. The lowest BCUT2D eigenvalue weighted by atomic mass is 9.87. The molecule has 0 spiro atoms. The van der Waals surface area contributed by atoms with Gasteiger partial charge in [-0.25, -0.2) is 4.79 Å². The molecule has 1 N–H and O–H groups in total. The fourth-order valence-corrected chi connectivity index (χ4v) is 2.17. The van der Waals surface area contributed by atoms with Crippen molar-refractivity contribution in [1.29, 1.82) is 0 Å². The summed E-state index contributed by atoms with van der Waals surface area (Å²) in [7, 11) is 0. The highest BCUT2D eigenvalue weighted by Gasteiger charge is 2.13. The molecule has 0 radical (unpaired) electrons. The van der Waals surface area contributed by atoms with Gasteiger partial charge >= 0.3 is 5.97 Å². The van der Waals surface area contributed by atoms with Crippen molar-refractivity contribution < 1.29 is 19.1 Å². The van der Waals surface area contributed by atoms with Crippen molar-refractivity contribution in [2.45, 2.75) is 26.2 Å². The van der Waals surface area contributed by atoms with Crippen LogP contribution in [0.15, 0.2) is 48.8 Å². The van der Waals surface area contributed by atoms with Gasteiger partial charge in [-0.2, -0.15) is 0 Å². The highest BCUT2D eigenvalue weighted by Crippen LogP contribution is 2.24. The van der Waals surface area contributed by atoms with Gasteiger partial charge in [0.15, 0.2) is 6.61 Å². The van der Waals surface area contributed by atoms with Crippen molar-refractivity contribution >= 4 is 11.9 Å². The second kappa shape index (κ2) is 8.99. The van der Waals surface area contributed by atoms with Crippen molar-refractivity contribution in [3.05, 3.63) is 59.9 Å². The number of hydrogen-bond acceptors (Lipinski definition) is 5. The lowest BCUT2D eigenvalue weighted by molar-refractivity contribution is -0.145. The maximum atomic E-state index is 11.8. The zero-order valence-electron chi connectivity index (χ0n) is 15.3. The first kappa shape index (κ1) is 19.4. The van der Waals surface area contributed by atoms with Gasteiger partial charge < -0.3 is 14.8 Å². The summed E-state index contributed by atoms with van der Waals surface area (Å²) < 4.78 is 10.5. The van der Waals surface area contributed by atoms with Gasteiger partial charge in [-0.15, -0.1) is 0 Å². The van der Waals surface area contributed by atoms with Gasteiger partial charge in [0.1, 0.15) is 12.4 Å². The van der Waals surface area contributed by atoms with Crippen LogP contribution in [0, 0.1) is 0 Å². The molecule has 1 aromatic heterocycles. The minimum absolute atomic E-state index is 0.0676. The third-order valence-electron chi connectivity index (χ3n) is 3.67. The molecule has 1 amide bonds. The van der Waals surface area contributed by atoms with E-state index in [-0.39, 0.29) is 31.1 Å². The zero-order chi connectivity index (χ0) is 19.0. The Kier molecular flexibility index (Phi) is 6.72. The largest absolute Gasteiger partial charge is 0.482 e. The van der Waals surface area contributed by atoms with Crippen LogP contribution < -0.4 is 10.1 Å². The highest BCUT2D eigenvalue weighted by atomic mass is 16.6. The maximum Gasteiger partial charge on any atom is 0.344 e. The van der Waals surface area contributed by atoms with Gasteiger partial charge in [0.2, 0.25) is 0 Å². The Morgan fingerprint density at radius 3 is 2.31 bits per heavy atom. The number of carbonyl (C=O) groups is 2. The molecule has 0 atom stereocenters. The zero-order valence-corrected chi connectivity index (χ0v) is 15.3. The molecule has 0 aliphatic heterocycles. The molecule has 1 heterocycles.